The molecule has 13 heavy (non-hydrogen) atoms. The Morgan fingerprint density at radius 1 is 1.38 bits per heavy atom. The van der Waals surface area contributed by atoms with Gasteiger partial charge >= 0.3 is 0 Å². The van der Waals surface area contributed by atoms with Crippen molar-refractivity contribution in [1.82, 2.24) is 5.32 Å². The standard InChI is InChI=1S/C10H13NS2/c1-13-10(12)11-8-7-9-5-3-2-4-6-9/h2-6H,7-8H2,1H3,(H,11,12). The maximum atomic E-state index is 5.02. The van der Waals surface area contributed by atoms with Crippen LogP contribution in [0.1, 0.15) is 5.56 Å². The molecule has 0 unspecified atom stereocenters. The van der Waals surface area contributed by atoms with Crippen LogP contribution < -0.4 is 5.32 Å². The van der Waals surface area contributed by atoms with Crippen molar-refractivity contribution >= 4 is 28.3 Å². The normalized spacial score (nSPS) is 9.62. The number of hydrogen-bond donors (Lipinski definition) is 1. The largest absolute Gasteiger partial charge is 0.371 e. The molecule has 0 spiro atoms. The number of benzene rings is 1. The Bertz CT molecular complexity index is 259. The summed E-state index contributed by atoms with van der Waals surface area (Å²) in [6, 6.07) is 10.4. The molecule has 1 N–H and O–H groups in total. The summed E-state index contributed by atoms with van der Waals surface area (Å²) in [6.07, 6.45) is 3.01. The topological polar surface area (TPSA) is 12.0 Å². The molecule has 0 aromatic heterocycles. The molecule has 0 amide bonds. The predicted molar refractivity (Wildman–Crippen MR) is 64.3 cm³/mol. The van der Waals surface area contributed by atoms with E-state index in [4.69, 9.17) is 12.2 Å². The highest BCUT2D eigenvalue weighted by molar-refractivity contribution is 8.22. The minimum atomic E-state index is 0.871. The fraction of sp³-hybridized carbons (Fsp3) is 0.300. The van der Waals surface area contributed by atoms with E-state index in [9.17, 15) is 0 Å². The van der Waals surface area contributed by atoms with E-state index in [-0.39, 0.29) is 0 Å². The lowest BCUT2D eigenvalue weighted by Gasteiger charge is -2.04. The van der Waals surface area contributed by atoms with E-state index in [2.05, 4.69) is 29.6 Å². The van der Waals surface area contributed by atoms with Crippen LogP contribution in [0.5, 0.6) is 0 Å². The van der Waals surface area contributed by atoms with Gasteiger partial charge in [-0.3, -0.25) is 0 Å². The van der Waals surface area contributed by atoms with E-state index in [1.54, 1.807) is 11.8 Å². The zero-order valence-corrected chi connectivity index (χ0v) is 9.25. The summed E-state index contributed by atoms with van der Waals surface area (Å²) in [5.41, 5.74) is 1.35. The summed E-state index contributed by atoms with van der Waals surface area (Å²) in [5, 5.41) is 3.18. The lowest BCUT2D eigenvalue weighted by molar-refractivity contribution is 0.883. The fourth-order valence-electron chi connectivity index (χ4n) is 1.03. The molecule has 70 valence electrons. The molecule has 0 aliphatic heterocycles. The Morgan fingerprint density at radius 2 is 2.08 bits per heavy atom. The van der Waals surface area contributed by atoms with Crippen molar-refractivity contribution in [3.05, 3.63) is 35.9 Å². The first-order chi connectivity index (χ1) is 6.33. The van der Waals surface area contributed by atoms with Gasteiger partial charge in [0.15, 0.2) is 0 Å². The quantitative estimate of drug-likeness (QED) is 0.771. The number of hydrogen-bond acceptors (Lipinski definition) is 2. The lowest BCUT2D eigenvalue weighted by atomic mass is 10.2. The fourth-order valence-corrected chi connectivity index (χ4v) is 1.37. The second kappa shape index (κ2) is 6.00. The van der Waals surface area contributed by atoms with Gasteiger partial charge in [-0.05, 0) is 18.2 Å². The highest BCUT2D eigenvalue weighted by atomic mass is 32.2. The zero-order valence-electron chi connectivity index (χ0n) is 7.62. The minimum Gasteiger partial charge on any atom is -0.371 e. The number of thiocarbonyl (C=S) groups is 1. The SMILES string of the molecule is CSC(=S)NCCc1ccccc1. The molecule has 1 rings (SSSR count). The van der Waals surface area contributed by atoms with Gasteiger partial charge in [-0.25, -0.2) is 0 Å². The summed E-state index contributed by atoms with van der Waals surface area (Å²) >= 11 is 6.60. The molecule has 0 bridgehead atoms. The summed E-state index contributed by atoms with van der Waals surface area (Å²) in [7, 11) is 0. The van der Waals surface area contributed by atoms with Gasteiger partial charge in [0, 0.05) is 6.54 Å². The molecule has 0 heterocycles. The average Bonchev–Trinajstić information content (AvgIpc) is 2.19. The van der Waals surface area contributed by atoms with Crippen molar-refractivity contribution in [2.75, 3.05) is 12.8 Å². The van der Waals surface area contributed by atoms with E-state index in [0.717, 1.165) is 17.3 Å². The molecular formula is C10H13NS2. The Morgan fingerprint density at radius 3 is 2.69 bits per heavy atom. The third-order valence-corrected chi connectivity index (χ3v) is 2.87. The molecule has 0 atom stereocenters. The zero-order chi connectivity index (χ0) is 9.52. The summed E-state index contributed by atoms with van der Waals surface area (Å²) in [4.78, 5) is 0. The summed E-state index contributed by atoms with van der Waals surface area (Å²) in [6.45, 7) is 0.920. The van der Waals surface area contributed by atoms with Gasteiger partial charge in [0.25, 0.3) is 0 Å². The van der Waals surface area contributed by atoms with Crippen LogP contribution in [0.3, 0.4) is 0 Å². The average molecular weight is 211 g/mol. The third-order valence-electron chi connectivity index (χ3n) is 1.71. The molecule has 0 saturated carbocycles. The Balaban J connectivity index is 2.24. The highest BCUT2D eigenvalue weighted by Gasteiger charge is 1.93. The second-order valence-corrected chi connectivity index (χ2v) is 4.14. The molecule has 0 radical (unpaired) electrons. The first-order valence-electron chi connectivity index (χ1n) is 4.18. The van der Waals surface area contributed by atoms with Crippen LogP contribution in [0.2, 0.25) is 0 Å². The number of nitrogens with one attached hydrogen (secondary N) is 1. The Labute approximate surface area is 88.9 Å². The smallest absolute Gasteiger partial charge is 0.133 e. The van der Waals surface area contributed by atoms with Crippen molar-refractivity contribution in [3.63, 3.8) is 0 Å². The molecular weight excluding hydrogens is 198 g/mol. The highest BCUT2D eigenvalue weighted by Crippen LogP contribution is 1.99. The first kappa shape index (κ1) is 10.5. The molecule has 1 aromatic carbocycles. The number of rotatable bonds is 3. The molecule has 1 aromatic rings. The van der Waals surface area contributed by atoms with Crippen molar-refractivity contribution < 1.29 is 0 Å². The van der Waals surface area contributed by atoms with Crippen LogP contribution in [-0.2, 0) is 6.42 Å². The van der Waals surface area contributed by atoms with Crippen molar-refractivity contribution in [3.8, 4) is 0 Å². The van der Waals surface area contributed by atoms with Gasteiger partial charge in [-0.1, -0.05) is 42.5 Å². The third kappa shape index (κ3) is 4.29. The molecule has 0 aliphatic carbocycles. The van der Waals surface area contributed by atoms with Crippen LogP contribution in [0.25, 0.3) is 0 Å². The van der Waals surface area contributed by atoms with Crippen molar-refractivity contribution in [2.24, 2.45) is 0 Å². The molecule has 3 heteroatoms. The van der Waals surface area contributed by atoms with Crippen molar-refractivity contribution in [1.29, 1.82) is 0 Å². The van der Waals surface area contributed by atoms with Gasteiger partial charge in [-0.15, -0.1) is 11.8 Å². The van der Waals surface area contributed by atoms with E-state index in [0.29, 0.717) is 0 Å². The predicted octanol–water partition coefficient (Wildman–Crippen LogP) is 2.47. The molecule has 1 nitrogen and oxygen atoms in total. The van der Waals surface area contributed by atoms with E-state index < -0.39 is 0 Å². The number of thioether (sulfide) groups is 1. The van der Waals surface area contributed by atoms with Gasteiger partial charge in [0.1, 0.15) is 4.32 Å². The van der Waals surface area contributed by atoms with Gasteiger partial charge < -0.3 is 5.32 Å². The molecule has 0 aliphatic rings. The van der Waals surface area contributed by atoms with E-state index in [1.807, 2.05) is 12.3 Å². The minimum absolute atomic E-state index is 0.871. The van der Waals surface area contributed by atoms with Crippen LogP contribution in [0.15, 0.2) is 30.3 Å². The molecule has 0 fully saturated rings. The van der Waals surface area contributed by atoms with Gasteiger partial charge in [-0.2, -0.15) is 0 Å². The van der Waals surface area contributed by atoms with Gasteiger partial charge in [0.05, 0.1) is 0 Å². The second-order valence-electron chi connectivity index (χ2n) is 2.65. The summed E-state index contributed by atoms with van der Waals surface area (Å²) < 4.78 is 0.871. The summed E-state index contributed by atoms with van der Waals surface area (Å²) in [5.74, 6) is 0. The molecule has 0 saturated heterocycles. The van der Waals surface area contributed by atoms with Gasteiger partial charge in [0.2, 0.25) is 0 Å². The Kier molecular flexibility index (Phi) is 4.86. The van der Waals surface area contributed by atoms with Crippen LogP contribution >= 0.6 is 24.0 Å². The maximum absolute atomic E-state index is 5.02. The monoisotopic (exact) mass is 211 g/mol. The van der Waals surface area contributed by atoms with E-state index >= 15 is 0 Å². The Hall–Kier alpha value is -0.540. The van der Waals surface area contributed by atoms with Crippen LogP contribution in [0, 0.1) is 0 Å². The van der Waals surface area contributed by atoms with Crippen LogP contribution in [-0.4, -0.2) is 17.1 Å². The lowest BCUT2D eigenvalue weighted by Crippen LogP contribution is -2.20. The first-order valence-corrected chi connectivity index (χ1v) is 5.82. The van der Waals surface area contributed by atoms with Crippen molar-refractivity contribution in [2.45, 2.75) is 6.42 Å². The van der Waals surface area contributed by atoms with E-state index in [1.165, 1.54) is 5.56 Å². The van der Waals surface area contributed by atoms with Crippen LogP contribution in [0.4, 0.5) is 0 Å². The maximum Gasteiger partial charge on any atom is 0.133 e.